The number of carbonyl (C=O) groups is 1. The first-order valence-electron chi connectivity index (χ1n) is 5.77. The summed E-state index contributed by atoms with van der Waals surface area (Å²) in [6.45, 7) is 0. The van der Waals surface area contributed by atoms with Gasteiger partial charge in [-0.25, -0.2) is 4.98 Å². The first kappa shape index (κ1) is 16.9. The number of aromatic nitrogens is 1. The van der Waals surface area contributed by atoms with Crippen LogP contribution < -0.4 is 5.32 Å². The van der Waals surface area contributed by atoms with E-state index in [1.54, 1.807) is 6.07 Å². The molecular weight excluding hydrogens is 432 g/mol. The number of pyridine rings is 1. The van der Waals surface area contributed by atoms with E-state index in [4.69, 9.17) is 0 Å². The summed E-state index contributed by atoms with van der Waals surface area (Å²) in [5, 5.41) is 11.6. The van der Waals surface area contributed by atoms with E-state index in [0.717, 1.165) is 3.57 Å². The maximum Gasteiger partial charge on any atom is 0.447 e. The second kappa shape index (κ2) is 6.73. The first-order chi connectivity index (χ1) is 10.3. The van der Waals surface area contributed by atoms with Crippen molar-refractivity contribution in [2.24, 2.45) is 0 Å². The van der Waals surface area contributed by atoms with E-state index in [0.29, 0.717) is 0 Å². The Kier molecular flexibility index (Phi) is 5.16. The number of hydrogen-bond acceptors (Lipinski definition) is 4. The van der Waals surface area contributed by atoms with Crippen molar-refractivity contribution < 1.29 is 23.1 Å². The SMILES string of the molecule is O=C(Nc1ccc(I)cc1O)c1cccnc1SC(F)(F)F. The van der Waals surface area contributed by atoms with Crippen LogP contribution in [0.3, 0.4) is 0 Å². The molecule has 1 heterocycles. The molecule has 1 amide bonds. The zero-order valence-electron chi connectivity index (χ0n) is 10.7. The molecular formula is C13H8F3IN2O2S. The van der Waals surface area contributed by atoms with Crippen molar-refractivity contribution in [3.05, 3.63) is 45.7 Å². The van der Waals surface area contributed by atoms with E-state index in [1.165, 1.54) is 30.5 Å². The normalized spacial score (nSPS) is 11.3. The van der Waals surface area contributed by atoms with Gasteiger partial charge in [0.25, 0.3) is 5.91 Å². The second-order valence-corrected chi connectivity index (χ2v) is 6.32. The lowest BCUT2D eigenvalue weighted by atomic mass is 10.2. The molecule has 116 valence electrons. The average molecular weight is 440 g/mol. The van der Waals surface area contributed by atoms with Crippen LogP contribution >= 0.6 is 34.4 Å². The minimum atomic E-state index is -4.55. The molecule has 0 unspecified atom stereocenters. The highest BCUT2D eigenvalue weighted by molar-refractivity contribution is 14.1. The maximum absolute atomic E-state index is 12.5. The Balaban J connectivity index is 2.26. The fraction of sp³-hybridized carbons (Fsp3) is 0.0769. The van der Waals surface area contributed by atoms with Crippen molar-refractivity contribution in [1.29, 1.82) is 0 Å². The molecule has 2 N–H and O–H groups in total. The van der Waals surface area contributed by atoms with Crippen molar-refractivity contribution in [1.82, 2.24) is 4.98 Å². The van der Waals surface area contributed by atoms with Crippen LogP contribution in [0.1, 0.15) is 10.4 Å². The minimum Gasteiger partial charge on any atom is -0.506 e. The number of anilines is 1. The number of benzene rings is 1. The lowest BCUT2D eigenvalue weighted by Crippen LogP contribution is -2.15. The monoisotopic (exact) mass is 440 g/mol. The predicted octanol–water partition coefficient (Wildman–Crippen LogP) is 4.26. The Morgan fingerprint density at radius 2 is 2.05 bits per heavy atom. The number of hydrogen-bond donors (Lipinski definition) is 2. The van der Waals surface area contributed by atoms with E-state index in [1.807, 2.05) is 22.6 Å². The number of aromatic hydroxyl groups is 1. The van der Waals surface area contributed by atoms with Gasteiger partial charge < -0.3 is 10.4 Å². The second-order valence-electron chi connectivity index (χ2n) is 4.02. The van der Waals surface area contributed by atoms with E-state index >= 15 is 0 Å². The summed E-state index contributed by atoms with van der Waals surface area (Å²) in [6.07, 6.45) is 1.17. The molecule has 0 atom stereocenters. The van der Waals surface area contributed by atoms with Gasteiger partial charge in [0, 0.05) is 21.5 Å². The van der Waals surface area contributed by atoms with Crippen LogP contribution in [0, 0.1) is 3.57 Å². The summed E-state index contributed by atoms with van der Waals surface area (Å²) in [5.74, 6) is -0.953. The van der Waals surface area contributed by atoms with E-state index in [2.05, 4.69) is 10.3 Å². The van der Waals surface area contributed by atoms with Crippen molar-refractivity contribution in [2.75, 3.05) is 5.32 Å². The van der Waals surface area contributed by atoms with Gasteiger partial charge in [-0.3, -0.25) is 4.79 Å². The van der Waals surface area contributed by atoms with Gasteiger partial charge in [-0.15, -0.1) is 0 Å². The first-order valence-corrected chi connectivity index (χ1v) is 7.66. The maximum atomic E-state index is 12.5. The van der Waals surface area contributed by atoms with Gasteiger partial charge in [-0.05, 0) is 52.9 Å². The largest absolute Gasteiger partial charge is 0.506 e. The number of nitrogens with one attached hydrogen (secondary N) is 1. The van der Waals surface area contributed by atoms with Crippen LogP contribution in [0.4, 0.5) is 18.9 Å². The van der Waals surface area contributed by atoms with Gasteiger partial charge in [0.15, 0.2) is 0 Å². The number of halogens is 4. The highest BCUT2D eigenvalue weighted by atomic mass is 127. The number of nitrogens with zero attached hydrogens (tertiary/aromatic N) is 1. The van der Waals surface area contributed by atoms with Crippen molar-refractivity contribution in [3.8, 4) is 5.75 Å². The molecule has 4 nitrogen and oxygen atoms in total. The summed E-state index contributed by atoms with van der Waals surface area (Å²) in [4.78, 5) is 15.7. The van der Waals surface area contributed by atoms with E-state index in [-0.39, 0.29) is 17.0 Å². The Labute approximate surface area is 141 Å². The molecule has 2 aromatic rings. The Morgan fingerprint density at radius 1 is 1.32 bits per heavy atom. The van der Waals surface area contributed by atoms with Crippen molar-refractivity contribution >= 4 is 45.9 Å². The molecule has 9 heteroatoms. The predicted molar refractivity (Wildman–Crippen MR) is 84.9 cm³/mol. The van der Waals surface area contributed by atoms with Crippen LogP contribution in [0.25, 0.3) is 0 Å². The molecule has 1 aromatic carbocycles. The molecule has 0 aliphatic heterocycles. The van der Waals surface area contributed by atoms with Crippen LogP contribution in [0.5, 0.6) is 5.75 Å². The summed E-state index contributed by atoms with van der Waals surface area (Å²) in [5.41, 5.74) is -4.66. The van der Waals surface area contributed by atoms with Gasteiger partial charge in [-0.1, -0.05) is 0 Å². The third-order valence-electron chi connectivity index (χ3n) is 2.44. The Bertz CT molecular complexity index is 710. The van der Waals surface area contributed by atoms with Gasteiger partial charge in [0.2, 0.25) is 0 Å². The van der Waals surface area contributed by atoms with E-state index in [9.17, 15) is 23.1 Å². The Morgan fingerprint density at radius 3 is 2.68 bits per heavy atom. The lowest BCUT2D eigenvalue weighted by molar-refractivity contribution is -0.0329. The molecule has 2 rings (SSSR count). The summed E-state index contributed by atoms with van der Waals surface area (Å²) >= 11 is 1.51. The molecule has 0 aliphatic carbocycles. The van der Waals surface area contributed by atoms with Crippen LogP contribution in [0.15, 0.2) is 41.6 Å². The molecule has 1 aromatic heterocycles. The fourth-order valence-electron chi connectivity index (χ4n) is 1.55. The number of phenolic OH excluding ortho intramolecular Hbond substituents is 1. The molecule has 0 bridgehead atoms. The van der Waals surface area contributed by atoms with Gasteiger partial charge in [0.05, 0.1) is 11.3 Å². The lowest BCUT2D eigenvalue weighted by Gasteiger charge is -2.11. The number of alkyl halides is 3. The quantitative estimate of drug-likeness (QED) is 0.426. The number of rotatable bonds is 3. The van der Waals surface area contributed by atoms with Crippen LogP contribution in [-0.2, 0) is 0 Å². The van der Waals surface area contributed by atoms with Gasteiger partial charge in [0.1, 0.15) is 10.8 Å². The minimum absolute atomic E-state index is 0.109. The number of carbonyl (C=O) groups excluding carboxylic acids is 1. The topological polar surface area (TPSA) is 62.2 Å². The number of thioether (sulfide) groups is 1. The molecule has 0 radical (unpaired) electrons. The van der Waals surface area contributed by atoms with Gasteiger partial charge >= 0.3 is 5.51 Å². The third-order valence-corrected chi connectivity index (χ3v) is 3.86. The van der Waals surface area contributed by atoms with Gasteiger partial charge in [-0.2, -0.15) is 13.2 Å². The number of phenols is 1. The summed E-state index contributed by atoms with van der Waals surface area (Å²) < 4.78 is 38.2. The van der Waals surface area contributed by atoms with E-state index < -0.39 is 28.2 Å². The molecule has 0 saturated heterocycles. The average Bonchev–Trinajstić information content (AvgIpc) is 2.40. The zero-order chi connectivity index (χ0) is 16.3. The smallest absolute Gasteiger partial charge is 0.447 e. The Hall–Kier alpha value is -1.49. The van der Waals surface area contributed by atoms with Crippen LogP contribution in [-0.4, -0.2) is 21.5 Å². The number of amides is 1. The highest BCUT2D eigenvalue weighted by Gasteiger charge is 2.32. The molecule has 22 heavy (non-hydrogen) atoms. The highest BCUT2D eigenvalue weighted by Crippen LogP contribution is 2.37. The zero-order valence-corrected chi connectivity index (χ0v) is 13.7. The standard InChI is InChI=1S/C13H8F3IN2O2S/c14-13(15,16)22-12-8(2-1-5-18-12)11(21)19-9-4-3-7(17)6-10(9)20/h1-6,20H,(H,19,21). The van der Waals surface area contributed by atoms with Crippen molar-refractivity contribution in [2.45, 2.75) is 10.5 Å². The molecule has 0 spiro atoms. The van der Waals surface area contributed by atoms with Crippen LogP contribution in [0.2, 0.25) is 0 Å². The molecule has 0 aliphatic rings. The fourth-order valence-corrected chi connectivity index (χ4v) is 2.63. The van der Waals surface area contributed by atoms with Crippen molar-refractivity contribution in [3.63, 3.8) is 0 Å². The molecule has 0 fully saturated rings. The summed E-state index contributed by atoms with van der Waals surface area (Å²) in [7, 11) is 0. The molecule has 0 saturated carbocycles. The summed E-state index contributed by atoms with van der Waals surface area (Å²) in [6, 6.07) is 7.13. The third kappa shape index (κ3) is 4.50.